The first-order valence-electron chi connectivity index (χ1n) is 10.2. The van der Waals surface area contributed by atoms with Crippen LogP contribution in [0.1, 0.15) is 44.9 Å². The van der Waals surface area contributed by atoms with Crippen molar-refractivity contribution in [3.63, 3.8) is 0 Å². The van der Waals surface area contributed by atoms with Gasteiger partial charge < -0.3 is 9.47 Å². The molecule has 0 spiro atoms. The Labute approximate surface area is 163 Å². The Morgan fingerprint density at radius 2 is 1.44 bits per heavy atom. The minimum atomic E-state index is -3.35. The Balaban J connectivity index is 1.38. The lowest BCUT2D eigenvalue weighted by atomic mass is 10.1. The van der Waals surface area contributed by atoms with Gasteiger partial charge in [0, 0.05) is 64.6 Å². The molecule has 3 heterocycles. The zero-order valence-corrected chi connectivity index (χ0v) is 16.9. The van der Waals surface area contributed by atoms with Crippen LogP contribution in [0.25, 0.3) is 0 Å². The maximum atomic E-state index is 12.7. The van der Waals surface area contributed by atoms with Crippen LogP contribution in [0, 0.1) is 0 Å². The van der Waals surface area contributed by atoms with E-state index in [0.29, 0.717) is 52.1 Å². The van der Waals surface area contributed by atoms with Crippen LogP contribution in [0.2, 0.25) is 0 Å². The van der Waals surface area contributed by atoms with Gasteiger partial charge in [-0.2, -0.15) is 17.0 Å². The van der Waals surface area contributed by atoms with Gasteiger partial charge in [-0.3, -0.25) is 4.79 Å². The summed E-state index contributed by atoms with van der Waals surface area (Å²) in [5.41, 5.74) is 0. The minimum Gasteiger partial charge on any atom is -0.354 e. The average molecular weight is 397 g/mol. The largest absolute Gasteiger partial charge is 0.354 e. The fourth-order valence-electron chi connectivity index (χ4n) is 3.88. The summed E-state index contributed by atoms with van der Waals surface area (Å²) in [5, 5.41) is 0. The van der Waals surface area contributed by atoms with Gasteiger partial charge in [0.2, 0.25) is 5.91 Å². The molecule has 2 aliphatic rings. The van der Waals surface area contributed by atoms with Gasteiger partial charge in [0.15, 0.2) is 0 Å². The monoisotopic (exact) mass is 396 g/mol. The Kier molecular flexibility index (Phi) is 7.32. The molecule has 3 rings (SSSR count). The summed E-state index contributed by atoms with van der Waals surface area (Å²) < 4.78 is 30.7. The molecule has 2 saturated heterocycles. The number of hydrogen-bond acceptors (Lipinski definition) is 3. The van der Waals surface area contributed by atoms with Gasteiger partial charge in [-0.25, -0.2) is 0 Å². The standard InChI is InChI=1S/C19H32N4O3S/c24-19(9-2-1-3-10-20-11-4-5-12-20)21-13-8-16-23(18-17-21)27(25,26)22-14-6-7-15-22/h4-5,11-12H,1-3,6-10,13-18H2. The van der Waals surface area contributed by atoms with E-state index >= 15 is 0 Å². The van der Waals surface area contributed by atoms with Gasteiger partial charge in [-0.05, 0) is 44.2 Å². The smallest absolute Gasteiger partial charge is 0.282 e. The highest BCUT2D eigenvalue weighted by Gasteiger charge is 2.33. The van der Waals surface area contributed by atoms with E-state index in [1.165, 1.54) is 0 Å². The number of rotatable bonds is 8. The van der Waals surface area contributed by atoms with E-state index < -0.39 is 10.2 Å². The number of aryl methyl sites for hydroxylation is 1. The van der Waals surface area contributed by atoms with Crippen molar-refractivity contribution in [1.29, 1.82) is 0 Å². The second-order valence-electron chi connectivity index (χ2n) is 7.48. The third kappa shape index (κ3) is 5.56. The second kappa shape index (κ2) is 9.71. The summed E-state index contributed by atoms with van der Waals surface area (Å²) in [4.78, 5) is 14.4. The van der Waals surface area contributed by atoms with Crippen molar-refractivity contribution in [1.82, 2.24) is 18.1 Å². The number of carbonyl (C=O) groups excluding carboxylic acids is 1. The second-order valence-corrected chi connectivity index (χ2v) is 9.41. The van der Waals surface area contributed by atoms with Crippen molar-refractivity contribution in [2.45, 2.75) is 51.5 Å². The van der Waals surface area contributed by atoms with E-state index in [9.17, 15) is 13.2 Å². The predicted molar refractivity (Wildman–Crippen MR) is 105 cm³/mol. The Hall–Kier alpha value is -1.38. The molecule has 1 aromatic heterocycles. The topological polar surface area (TPSA) is 65.9 Å². The molecule has 0 N–H and O–H groups in total. The van der Waals surface area contributed by atoms with Crippen LogP contribution in [-0.4, -0.2) is 71.7 Å². The molecular weight excluding hydrogens is 364 g/mol. The first-order valence-corrected chi connectivity index (χ1v) is 11.6. The van der Waals surface area contributed by atoms with E-state index in [0.717, 1.165) is 38.6 Å². The molecule has 1 amide bonds. The Morgan fingerprint density at radius 3 is 2.19 bits per heavy atom. The van der Waals surface area contributed by atoms with Crippen LogP contribution in [0.5, 0.6) is 0 Å². The van der Waals surface area contributed by atoms with Gasteiger partial charge in [0.1, 0.15) is 0 Å². The van der Waals surface area contributed by atoms with Crippen LogP contribution >= 0.6 is 0 Å². The maximum Gasteiger partial charge on any atom is 0.282 e. The van der Waals surface area contributed by atoms with E-state index in [4.69, 9.17) is 0 Å². The van der Waals surface area contributed by atoms with E-state index in [2.05, 4.69) is 17.0 Å². The number of unbranched alkanes of at least 4 members (excludes halogenated alkanes) is 2. The van der Waals surface area contributed by atoms with Crippen LogP contribution in [0.15, 0.2) is 24.5 Å². The third-order valence-corrected chi connectivity index (χ3v) is 7.53. The first kappa shape index (κ1) is 20.4. The van der Waals surface area contributed by atoms with Gasteiger partial charge in [-0.15, -0.1) is 0 Å². The quantitative estimate of drug-likeness (QED) is 0.631. The van der Waals surface area contributed by atoms with Gasteiger partial charge in [-0.1, -0.05) is 6.42 Å². The summed E-state index contributed by atoms with van der Waals surface area (Å²) >= 11 is 0. The molecule has 0 unspecified atom stereocenters. The number of carbonyl (C=O) groups is 1. The molecule has 0 radical (unpaired) electrons. The van der Waals surface area contributed by atoms with Crippen molar-refractivity contribution in [3.8, 4) is 0 Å². The summed E-state index contributed by atoms with van der Waals surface area (Å²) in [5.74, 6) is 0.163. The van der Waals surface area contributed by atoms with Gasteiger partial charge in [0.05, 0.1) is 0 Å². The lowest BCUT2D eigenvalue weighted by Gasteiger charge is -2.26. The highest BCUT2D eigenvalue weighted by Crippen LogP contribution is 2.18. The normalized spacial score (nSPS) is 20.1. The molecule has 0 aromatic carbocycles. The Morgan fingerprint density at radius 1 is 0.778 bits per heavy atom. The molecule has 0 atom stereocenters. The molecule has 1 aromatic rings. The lowest BCUT2D eigenvalue weighted by Crippen LogP contribution is -2.44. The van der Waals surface area contributed by atoms with Crippen molar-refractivity contribution in [2.24, 2.45) is 0 Å². The number of amides is 1. The summed E-state index contributed by atoms with van der Waals surface area (Å²) in [7, 11) is -3.35. The predicted octanol–water partition coefficient (Wildman–Crippen LogP) is 1.92. The highest BCUT2D eigenvalue weighted by molar-refractivity contribution is 7.86. The summed E-state index contributed by atoms with van der Waals surface area (Å²) in [6.45, 7) is 4.35. The van der Waals surface area contributed by atoms with Crippen molar-refractivity contribution >= 4 is 16.1 Å². The van der Waals surface area contributed by atoms with Crippen molar-refractivity contribution in [2.75, 3.05) is 39.3 Å². The highest BCUT2D eigenvalue weighted by atomic mass is 32.2. The molecule has 27 heavy (non-hydrogen) atoms. The third-order valence-electron chi connectivity index (χ3n) is 5.50. The van der Waals surface area contributed by atoms with Crippen LogP contribution in [0.3, 0.4) is 0 Å². The minimum absolute atomic E-state index is 0.163. The molecule has 0 saturated carbocycles. The fraction of sp³-hybridized carbons (Fsp3) is 0.737. The molecule has 2 aliphatic heterocycles. The first-order chi connectivity index (χ1) is 13.1. The molecule has 2 fully saturated rings. The zero-order valence-electron chi connectivity index (χ0n) is 16.1. The number of hydrogen-bond donors (Lipinski definition) is 0. The van der Waals surface area contributed by atoms with Crippen LogP contribution in [-0.2, 0) is 21.5 Å². The average Bonchev–Trinajstić information content (AvgIpc) is 3.31. The number of nitrogens with zero attached hydrogens (tertiary/aromatic N) is 4. The van der Waals surface area contributed by atoms with E-state index in [1.54, 1.807) is 8.61 Å². The van der Waals surface area contributed by atoms with E-state index in [1.807, 2.05) is 17.0 Å². The van der Waals surface area contributed by atoms with Gasteiger partial charge in [0.25, 0.3) is 10.2 Å². The lowest BCUT2D eigenvalue weighted by molar-refractivity contribution is -0.131. The molecule has 8 heteroatoms. The summed E-state index contributed by atoms with van der Waals surface area (Å²) in [6, 6.07) is 4.05. The van der Waals surface area contributed by atoms with E-state index in [-0.39, 0.29) is 5.91 Å². The molecule has 0 aliphatic carbocycles. The van der Waals surface area contributed by atoms with Crippen molar-refractivity contribution in [3.05, 3.63) is 24.5 Å². The molecule has 152 valence electrons. The Bertz CT molecular complexity index is 684. The summed E-state index contributed by atoms with van der Waals surface area (Å²) in [6.07, 6.45) is 10.3. The zero-order chi connectivity index (χ0) is 19.1. The molecular formula is C19H32N4O3S. The maximum absolute atomic E-state index is 12.7. The number of aromatic nitrogens is 1. The van der Waals surface area contributed by atoms with Crippen LogP contribution < -0.4 is 0 Å². The molecule has 7 nitrogen and oxygen atoms in total. The molecule has 0 bridgehead atoms. The SMILES string of the molecule is O=C(CCCCCn1cccc1)N1CCCN(S(=O)(=O)N2CCCC2)CC1. The van der Waals surface area contributed by atoms with Crippen LogP contribution in [0.4, 0.5) is 0 Å². The van der Waals surface area contributed by atoms with Gasteiger partial charge >= 0.3 is 0 Å². The fourth-order valence-corrected chi connectivity index (χ4v) is 5.60. The van der Waals surface area contributed by atoms with Crippen molar-refractivity contribution < 1.29 is 13.2 Å².